The molecular formula is C11H13ClN4. The van der Waals surface area contributed by atoms with Gasteiger partial charge in [0.1, 0.15) is 5.69 Å². The quantitative estimate of drug-likeness (QED) is 0.765. The molecule has 16 heavy (non-hydrogen) atoms. The first-order chi connectivity index (χ1) is 7.47. The lowest BCUT2D eigenvalue weighted by molar-refractivity contribution is 0.347. The highest BCUT2D eigenvalue weighted by molar-refractivity contribution is 6.30. The summed E-state index contributed by atoms with van der Waals surface area (Å²) in [6.07, 6.45) is 5.22. The SMILES string of the molecule is CC(C)(C)n1cc(-c2cncc(Cl)c2)nn1. The van der Waals surface area contributed by atoms with Crippen molar-refractivity contribution < 1.29 is 0 Å². The van der Waals surface area contributed by atoms with Crippen LogP contribution < -0.4 is 0 Å². The fourth-order valence-electron chi connectivity index (χ4n) is 1.28. The van der Waals surface area contributed by atoms with E-state index in [1.54, 1.807) is 12.4 Å². The molecule has 2 rings (SSSR count). The van der Waals surface area contributed by atoms with Gasteiger partial charge in [-0.15, -0.1) is 5.10 Å². The largest absolute Gasteiger partial charge is 0.262 e. The molecule has 0 amide bonds. The van der Waals surface area contributed by atoms with Crippen LogP contribution in [0.2, 0.25) is 5.02 Å². The van der Waals surface area contributed by atoms with Gasteiger partial charge in [0.15, 0.2) is 0 Å². The normalized spacial score (nSPS) is 11.8. The van der Waals surface area contributed by atoms with Crippen molar-refractivity contribution >= 4 is 11.6 Å². The number of pyridine rings is 1. The molecule has 0 aliphatic carbocycles. The standard InChI is InChI=1S/C11H13ClN4/c1-11(2,3)16-7-10(14-15-16)8-4-9(12)6-13-5-8/h4-7H,1-3H3. The first-order valence-corrected chi connectivity index (χ1v) is 5.38. The Bertz CT molecular complexity index is 499. The van der Waals surface area contributed by atoms with Gasteiger partial charge in [-0.2, -0.15) is 0 Å². The van der Waals surface area contributed by atoms with Gasteiger partial charge in [-0.25, -0.2) is 4.68 Å². The molecule has 0 aromatic carbocycles. The highest BCUT2D eigenvalue weighted by Crippen LogP contribution is 2.21. The van der Waals surface area contributed by atoms with Crippen LogP contribution in [-0.2, 0) is 5.54 Å². The number of nitrogens with zero attached hydrogens (tertiary/aromatic N) is 4. The van der Waals surface area contributed by atoms with E-state index >= 15 is 0 Å². The Hall–Kier alpha value is -1.42. The maximum atomic E-state index is 5.87. The van der Waals surface area contributed by atoms with Crippen molar-refractivity contribution in [3.8, 4) is 11.3 Å². The molecule has 0 bridgehead atoms. The zero-order valence-electron chi connectivity index (χ0n) is 9.48. The Morgan fingerprint density at radius 3 is 2.56 bits per heavy atom. The van der Waals surface area contributed by atoms with E-state index in [2.05, 4.69) is 36.1 Å². The topological polar surface area (TPSA) is 43.6 Å². The first-order valence-electron chi connectivity index (χ1n) is 5.00. The van der Waals surface area contributed by atoms with Crippen LogP contribution in [0, 0.1) is 0 Å². The second-order valence-electron chi connectivity index (χ2n) is 4.61. The molecule has 0 unspecified atom stereocenters. The van der Waals surface area contributed by atoms with Gasteiger partial charge < -0.3 is 0 Å². The maximum Gasteiger partial charge on any atom is 0.114 e. The molecule has 0 saturated carbocycles. The summed E-state index contributed by atoms with van der Waals surface area (Å²) < 4.78 is 1.82. The lowest BCUT2D eigenvalue weighted by Gasteiger charge is -2.17. The van der Waals surface area contributed by atoms with E-state index in [9.17, 15) is 0 Å². The molecule has 2 aromatic heterocycles. The number of rotatable bonds is 1. The van der Waals surface area contributed by atoms with Crippen LogP contribution in [0.15, 0.2) is 24.7 Å². The maximum absolute atomic E-state index is 5.87. The van der Waals surface area contributed by atoms with Gasteiger partial charge in [0.2, 0.25) is 0 Å². The average Bonchev–Trinajstić information content (AvgIpc) is 2.65. The van der Waals surface area contributed by atoms with Gasteiger partial charge in [-0.05, 0) is 26.8 Å². The van der Waals surface area contributed by atoms with Crippen LogP contribution in [0.4, 0.5) is 0 Å². The Kier molecular flexibility index (Phi) is 2.68. The van der Waals surface area contributed by atoms with E-state index in [0.29, 0.717) is 5.02 Å². The van der Waals surface area contributed by atoms with Crippen molar-refractivity contribution in [1.29, 1.82) is 0 Å². The van der Waals surface area contributed by atoms with Crippen LogP contribution in [0.25, 0.3) is 11.3 Å². The van der Waals surface area contributed by atoms with E-state index in [-0.39, 0.29) is 5.54 Å². The molecule has 0 N–H and O–H groups in total. The third-order valence-electron chi connectivity index (χ3n) is 2.18. The molecule has 0 saturated heterocycles. The monoisotopic (exact) mass is 236 g/mol. The minimum Gasteiger partial charge on any atom is -0.262 e. The molecule has 2 aromatic rings. The van der Waals surface area contributed by atoms with Crippen LogP contribution in [-0.4, -0.2) is 20.0 Å². The van der Waals surface area contributed by atoms with Crippen LogP contribution >= 0.6 is 11.6 Å². The Balaban J connectivity index is 2.39. The lowest BCUT2D eigenvalue weighted by Crippen LogP contribution is -2.22. The summed E-state index contributed by atoms with van der Waals surface area (Å²) >= 11 is 5.87. The van der Waals surface area contributed by atoms with Gasteiger partial charge in [0.25, 0.3) is 0 Å². The van der Waals surface area contributed by atoms with E-state index in [4.69, 9.17) is 11.6 Å². The molecular weight excluding hydrogens is 224 g/mol. The molecule has 4 nitrogen and oxygen atoms in total. The zero-order valence-corrected chi connectivity index (χ0v) is 10.2. The van der Waals surface area contributed by atoms with Crippen LogP contribution in [0.5, 0.6) is 0 Å². The van der Waals surface area contributed by atoms with Crippen molar-refractivity contribution in [3.05, 3.63) is 29.7 Å². The third kappa shape index (κ3) is 2.22. The Morgan fingerprint density at radius 1 is 1.25 bits per heavy atom. The molecule has 2 heterocycles. The van der Waals surface area contributed by atoms with E-state index < -0.39 is 0 Å². The summed E-state index contributed by atoms with van der Waals surface area (Å²) in [5.74, 6) is 0. The zero-order chi connectivity index (χ0) is 11.8. The van der Waals surface area contributed by atoms with E-state index in [0.717, 1.165) is 11.3 Å². The van der Waals surface area contributed by atoms with Gasteiger partial charge in [-0.1, -0.05) is 16.8 Å². The molecule has 0 radical (unpaired) electrons. The number of aromatic nitrogens is 4. The van der Waals surface area contributed by atoms with Crippen molar-refractivity contribution in [1.82, 2.24) is 20.0 Å². The van der Waals surface area contributed by atoms with Gasteiger partial charge in [0.05, 0.1) is 16.8 Å². The van der Waals surface area contributed by atoms with Gasteiger partial charge in [-0.3, -0.25) is 4.98 Å². The van der Waals surface area contributed by atoms with Crippen LogP contribution in [0.3, 0.4) is 0 Å². The van der Waals surface area contributed by atoms with Crippen molar-refractivity contribution in [2.75, 3.05) is 0 Å². The Morgan fingerprint density at radius 2 is 2.00 bits per heavy atom. The predicted molar refractivity (Wildman–Crippen MR) is 63.3 cm³/mol. The first kappa shape index (κ1) is 11.1. The summed E-state index contributed by atoms with van der Waals surface area (Å²) in [5.41, 5.74) is 1.59. The minimum absolute atomic E-state index is 0.0722. The lowest BCUT2D eigenvalue weighted by atomic mass is 10.1. The number of hydrogen-bond acceptors (Lipinski definition) is 3. The summed E-state index contributed by atoms with van der Waals surface area (Å²) in [5, 5.41) is 8.80. The molecule has 0 spiro atoms. The average molecular weight is 237 g/mol. The number of halogens is 1. The molecule has 0 aliphatic rings. The summed E-state index contributed by atoms with van der Waals surface area (Å²) in [6.45, 7) is 6.21. The Labute approximate surface area is 99.3 Å². The molecule has 84 valence electrons. The number of hydrogen-bond donors (Lipinski definition) is 0. The molecule has 0 fully saturated rings. The van der Waals surface area contributed by atoms with Crippen LogP contribution in [0.1, 0.15) is 20.8 Å². The summed E-state index contributed by atoms with van der Waals surface area (Å²) in [6, 6.07) is 1.82. The van der Waals surface area contributed by atoms with Crippen molar-refractivity contribution in [3.63, 3.8) is 0 Å². The fourth-order valence-corrected chi connectivity index (χ4v) is 1.45. The predicted octanol–water partition coefficient (Wildman–Crippen LogP) is 2.75. The molecule has 0 aliphatic heterocycles. The second kappa shape index (κ2) is 3.87. The van der Waals surface area contributed by atoms with Crippen molar-refractivity contribution in [2.45, 2.75) is 26.3 Å². The smallest absolute Gasteiger partial charge is 0.114 e. The highest BCUT2D eigenvalue weighted by atomic mass is 35.5. The van der Waals surface area contributed by atoms with E-state index in [1.165, 1.54) is 0 Å². The minimum atomic E-state index is -0.0722. The van der Waals surface area contributed by atoms with Gasteiger partial charge in [0, 0.05) is 18.0 Å². The van der Waals surface area contributed by atoms with E-state index in [1.807, 2.05) is 16.9 Å². The molecule has 5 heteroatoms. The van der Waals surface area contributed by atoms with Gasteiger partial charge >= 0.3 is 0 Å². The van der Waals surface area contributed by atoms with Crippen molar-refractivity contribution in [2.24, 2.45) is 0 Å². The highest BCUT2D eigenvalue weighted by Gasteiger charge is 2.15. The summed E-state index contributed by atoms with van der Waals surface area (Å²) in [7, 11) is 0. The second-order valence-corrected chi connectivity index (χ2v) is 5.05. The fraction of sp³-hybridized carbons (Fsp3) is 0.364. The third-order valence-corrected chi connectivity index (χ3v) is 2.39. The summed E-state index contributed by atoms with van der Waals surface area (Å²) in [4.78, 5) is 4.02. The molecule has 0 atom stereocenters.